The van der Waals surface area contributed by atoms with Gasteiger partial charge < -0.3 is 10.0 Å². The summed E-state index contributed by atoms with van der Waals surface area (Å²) in [4.78, 5) is 14.2. The third kappa shape index (κ3) is 2.67. The molecule has 1 aliphatic heterocycles. The number of anilines is 1. The number of carbonyl (C=O) groups excluding carboxylic acids is 1. The maximum Gasteiger partial charge on any atom is 0.242 e. The highest BCUT2D eigenvalue weighted by Gasteiger charge is 2.34. The fraction of sp³-hybridized carbons (Fsp3) is 0.143. The second-order valence-electron chi connectivity index (χ2n) is 6.36. The number of carbonyl (C=O) groups is 1. The summed E-state index contributed by atoms with van der Waals surface area (Å²) in [6, 6.07) is 18.6. The van der Waals surface area contributed by atoms with E-state index in [1.54, 1.807) is 29.2 Å². The minimum absolute atomic E-state index is 0.108. The molecule has 0 saturated heterocycles. The lowest BCUT2D eigenvalue weighted by molar-refractivity contribution is -0.116. The van der Waals surface area contributed by atoms with Crippen molar-refractivity contribution in [2.24, 2.45) is 0 Å². The van der Waals surface area contributed by atoms with Gasteiger partial charge in [0.1, 0.15) is 11.6 Å². The molecule has 0 aromatic heterocycles. The van der Waals surface area contributed by atoms with E-state index in [-0.39, 0.29) is 23.6 Å². The van der Waals surface area contributed by atoms with Gasteiger partial charge in [0.15, 0.2) is 0 Å². The van der Waals surface area contributed by atoms with Crippen molar-refractivity contribution in [3.8, 4) is 11.8 Å². The van der Waals surface area contributed by atoms with Gasteiger partial charge in [0.2, 0.25) is 5.91 Å². The van der Waals surface area contributed by atoms with Crippen LogP contribution in [0, 0.1) is 11.3 Å². The zero-order valence-corrected chi connectivity index (χ0v) is 14.6. The van der Waals surface area contributed by atoms with Gasteiger partial charge in [-0.15, -0.1) is 11.6 Å². The number of fused-ring (bicyclic) bond motifs is 2. The fourth-order valence-corrected chi connectivity index (χ4v) is 3.75. The Balaban J connectivity index is 1.82. The van der Waals surface area contributed by atoms with E-state index in [1.807, 2.05) is 30.3 Å². The number of rotatable bonds is 2. The molecule has 3 aromatic rings. The molecular weight excluding hydrogens is 348 g/mol. The molecule has 0 aliphatic carbocycles. The molecule has 1 amide bonds. The van der Waals surface area contributed by atoms with Gasteiger partial charge in [0, 0.05) is 5.69 Å². The van der Waals surface area contributed by atoms with E-state index in [4.69, 9.17) is 16.9 Å². The van der Waals surface area contributed by atoms with E-state index >= 15 is 0 Å². The first-order chi connectivity index (χ1) is 12.6. The Morgan fingerprint density at radius 2 is 1.96 bits per heavy atom. The van der Waals surface area contributed by atoms with Crippen LogP contribution < -0.4 is 4.90 Å². The highest BCUT2D eigenvalue weighted by molar-refractivity contribution is 6.29. The molecule has 1 heterocycles. The Kier molecular flexibility index (Phi) is 4.02. The maximum atomic E-state index is 12.5. The average Bonchev–Trinajstić information content (AvgIpc) is 3.04. The number of aromatic hydroxyl groups is 1. The van der Waals surface area contributed by atoms with Crippen molar-refractivity contribution in [2.45, 2.75) is 12.5 Å². The standard InChI is InChI=1S/C21H15ClN2O2/c22-11-21(26)24-19-6-5-18(25)9-17(19)10-20(24)15-4-3-14-2-1-13(12-23)7-16(14)8-15/h1-9,20,25H,10-11H2/t20-/m1/s1. The number of nitriles is 1. The maximum absolute atomic E-state index is 12.5. The van der Waals surface area contributed by atoms with Crippen LogP contribution in [0.3, 0.4) is 0 Å². The van der Waals surface area contributed by atoms with Crippen LogP contribution in [-0.2, 0) is 11.2 Å². The molecule has 26 heavy (non-hydrogen) atoms. The van der Waals surface area contributed by atoms with Crippen LogP contribution in [0.15, 0.2) is 54.6 Å². The number of hydrogen-bond acceptors (Lipinski definition) is 3. The van der Waals surface area contributed by atoms with Gasteiger partial charge in [-0.2, -0.15) is 5.26 Å². The van der Waals surface area contributed by atoms with Gasteiger partial charge in [0.05, 0.1) is 17.7 Å². The van der Waals surface area contributed by atoms with Gasteiger partial charge in [-0.3, -0.25) is 4.79 Å². The molecule has 128 valence electrons. The molecule has 4 nitrogen and oxygen atoms in total. The molecule has 0 bridgehead atoms. The first kappa shape index (κ1) is 16.4. The molecule has 1 aliphatic rings. The second kappa shape index (κ2) is 6.36. The Bertz CT molecular complexity index is 1070. The molecule has 4 rings (SSSR count). The molecule has 3 aromatic carbocycles. The first-order valence-corrected chi connectivity index (χ1v) is 8.78. The predicted octanol–water partition coefficient (Wildman–Crippen LogP) is 4.29. The molecule has 0 unspecified atom stereocenters. The topological polar surface area (TPSA) is 64.3 Å². The van der Waals surface area contributed by atoms with E-state index in [2.05, 4.69) is 6.07 Å². The van der Waals surface area contributed by atoms with Crippen LogP contribution in [0.5, 0.6) is 5.75 Å². The molecule has 5 heteroatoms. The number of amides is 1. The summed E-state index contributed by atoms with van der Waals surface area (Å²) in [7, 11) is 0. The summed E-state index contributed by atoms with van der Waals surface area (Å²) >= 11 is 5.84. The van der Waals surface area contributed by atoms with Crippen LogP contribution >= 0.6 is 11.6 Å². The van der Waals surface area contributed by atoms with Crippen LogP contribution in [0.2, 0.25) is 0 Å². The molecule has 0 spiro atoms. The van der Waals surface area contributed by atoms with Crippen LogP contribution in [-0.4, -0.2) is 16.9 Å². The predicted molar refractivity (Wildman–Crippen MR) is 101 cm³/mol. The lowest BCUT2D eigenvalue weighted by Gasteiger charge is -2.25. The van der Waals surface area contributed by atoms with Crippen molar-refractivity contribution in [3.63, 3.8) is 0 Å². The summed E-state index contributed by atoms with van der Waals surface area (Å²) in [5, 5.41) is 20.9. The van der Waals surface area contributed by atoms with E-state index < -0.39 is 0 Å². The number of phenols is 1. The highest BCUT2D eigenvalue weighted by atomic mass is 35.5. The summed E-state index contributed by atoms with van der Waals surface area (Å²) in [6.07, 6.45) is 0.607. The summed E-state index contributed by atoms with van der Waals surface area (Å²) in [6.45, 7) is 0. The number of halogens is 1. The van der Waals surface area contributed by atoms with Gasteiger partial charge in [0.25, 0.3) is 0 Å². The van der Waals surface area contributed by atoms with Crippen LogP contribution in [0.1, 0.15) is 22.7 Å². The second-order valence-corrected chi connectivity index (χ2v) is 6.63. The summed E-state index contributed by atoms with van der Waals surface area (Å²) in [5.41, 5.74) is 3.27. The average molecular weight is 363 g/mol. The number of phenolic OH excluding ortho intramolecular Hbond substituents is 1. The summed E-state index contributed by atoms with van der Waals surface area (Å²) < 4.78 is 0. The zero-order valence-electron chi connectivity index (χ0n) is 13.8. The Morgan fingerprint density at radius 1 is 1.15 bits per heavy atom. The van der Waals surface area contributed by atoms with Crippen molar-refractivity contribution >= 4 is 34.0 Å². The van der Waals surface area contributed by atoms with E-state index in [0.29, 0.717) is 12.0 Å². The molecule has 1 N–H and O–H groups in total. The zero-order chi connectivity index (χ0) is 18.3. The number of alkyl halides is 1. The molecule has 0 radical (unpaired) electrons. The molecule has 1 atom stereocenters. The van der Waals surface area contributed by atoms with Crippen LogP contribution in [0.4, 0.5) is 5.69 Å². The fourth-order valence-electron chi connectivity index (χ4n) is 3.62. The lowest BCUT2D eigenvalue weighted by atomic mass is 9.98. The smallest absolute Gasteiger partial charge is 0.242 e. The Labute approximate surface area is 155 Å². The number of nitrogens with zero attached hydrogens (tertiary/aromatic N) is 2. The van der Waals surface area contributed by atoms with Crippen LogP contribution in [0.25, 0.3) is 10.8 Å². The Morgan fingerprint density at radius 3 is 2.73 bits per heavy atom. The van der Waals surface area contributed by atoms with Gasteiger partial charge in [-0.1, -0.05) is 18.2 Å². The quantitative estimate of drug-likeness (QED) is 0.692. The van der Waals surface area contributed by atoms with Crippen molar-refractivity contribution in [2.75, 3.05) is 10.8 Å². The minimum Gasteiger partial charge on any atom is -0.508 e. The van der Waals surface area contributed by atoms with E-state index in [1.165, 1.54) is 0 Å². The minimum atomic E-state index is -0.187. The first-order valence-electron chi connectivity index (χ1n) is 8.24. The largest absolute Gasteiger partial charge is 0.508 e. The SMILES string of the molecule is N#Cc1ccc2ccc([C@H]3Cc4cc(O)ccc4N3C(=O)CCl)cc2c1. The normalized spacial score (nSPS) is 15.7. The van der Waals surface area contributed by atoms with Gasteiger partial charge in [-0.25, -0.2) is 0 Å². The van der Waals surface area contributed by atoms with E-state index in [0.717, 1.165) is 27.6 Å². The van der Waals surface area contributed by atoms with Crippen molar-refractivity contribution in [1.82, 2.24) is 0 Å². The van der Waals surface area contributed by atoms with Gasteiger partial charge in [-0.05, 0) is 64.7 Å². The van der Waals surface area contributed by atoms with Crippen molar-refractivity contribution in [3.05, 3.63) is 71.3 Å². The molecule has 0 saturated carbocycles. The third-order valence-corrected chi connectivity index (χ3v) is 5.04. The number of hydrogen-bond donors (Lipinski definition) is 1. The van der Waals surface area contributed by atoms with Crippen molar-refractivity contribution in [1.29, 1.82) is 5.26 Å². The summed E-state index contributed by atoms with van der Waals surface area (Å²) in [5.74, 6) is -0.102. The van der Waals surface area contributed by atoms with E-state index in [9.17, 15) is 9.90 Å². The van der Waals surface area contributed by atoms with Gasteiger partial charge >= 0.3 is 0 Å². The third-order valence-electron chi connectivity index (χ3n) is 4.81. The Hall–Kier alpha value is -3.03. The van der Waals surface area contributed by atoms with Crippen molar-refractivity contribution < 1.29 is 9.90 Å². The lowest BCUT2D eigenvalue weighted by Crippen LogP contribution is -2.33. The monoisotopic (exact) mass is 362 g/mol. The molecular formula is C21H15ClN2O2. The molecule has 0 fully saturated rings. The highest BCUT2D eigenvalue weighted by Crippen LogP contribution is 2.42. The number of benzene rings is 3.